The van der Waals surface area contributed by atoms with Crippen molar-refractivity contribution in [3.05, 3.63) is 35.9 Å². The van der Waals surface area contributed by atoms with Crippen molar-refractivity contribution < 1.29 is 19.5 Å². The molecule has 27 heavy (non-hydrogen) atoms. The second-order valence-corrected chi connectivity index (χ2v) is 7.68. The summed E-state index contributed by atoms with van der Waals surface area (Å²) in [5.41, 5.74) is 1.01. The molecule has 1 aliphatic carbocycles. The summed E-state index contributed by atoms with van der Waals surface area (Å²) in [6.07, 6.45) is 4.79. The summed E-state index contributed by atoms with van der Waals surface area (Å²) in [6, 6.07) is 8.99. The fourth-order valence-corrected chi connectivity index (χ4v) is 4.55. The van der Waals surface area contributed by atoms with Crippen LogP contribution in [0.15, 0.2) is 30.3 Å². The van der Waals surface area contributed by atoms with Gasteiger partial charge in [0, 0.05) is 32.5 Å². The molecule has 1 heterocycles. The highest BCUT2D eigenvalue weighted by atomic mass is 16.4. The monoisotopic (exact) mass is 372 g/mol. The van der Waals surface area contributed by atoms with E-state index in [1.165, 1.54) is 6.92 Å². The van der Waals surface area contributed by atoms with Crippen molar-refractivity contribution in [3.8, 4) is 0 Å². The first kappa shape index (κ1) is 19.4. The van der Waals surface area contributed by atoms with Gasteiger partial charge in [-0.3, -0.25) is 9.59 Å². The van der Waals surface area contributed by atoms with Crippen molar-refractivity contribution >= 4 is 17.8 Å². The van der Waals surface area contributed by atoms with E-state index in [2.05, 4.69) is 0 Å². The number of rotatable bonds is 6. The predicted molar refractivity (Wildman–Crippen MR) is 101 cm³/mol. The van der Waals surface area contributed by atoms with Gasteiger partial charge in [0.1, 0.15) is 6.04 Å². The minimum Gasteiger partial charge on any atom is -0.480 e. The van der Waals surface area contributed by atoms with Crippen LogP contribution in [0.25, 0.3) is 0 Å². The molecule has 6 heteroatoms. The van der Waals surface area contributed by atoms with Crippen LogP contribution in [0, 0.1) is 5.92 Å². The van der Waals surface area contributed by atoms with E-state index >= 15 is 0 Å². The zero-order valence-corrected chi connectivity index (χ0v) is 15.8. The van der Waals surface area contributed by atoms with Crippen molar-refractivity contribution in [2.24, 2.45) is 5.92 Å². The number of carbonyl (C=O) groups is 3. The number of nitrogens with zero attached hydrogens (tertiary/aromatic N) is 2. The van der Waals surface area contributed by atoms with E-state index in [4.69, 9.17) is 0 Å². The summed E-state index contributed by atoms with van der Waals surface area (Å²) in [5.74, 6) is -0.836. The van der Waals surface area contributed by atoms with Crippen LogP contribution in [0.5, 0.6) is 0 Å². The Morgan fingerprint density at radius 1 is 1.15 bits per heavy atom. The minimum absolute atomic E-state index is 0.0484. The molecule has 2 fully saturated rings. The molecule has 0 radical (unpaired) electrons. The molecule has 3 unspecified atom stereocenters. The van der Waals surface area contributed by atoms with Crippen molar-refractivity contribution in [2.75, 3.05) is 6.54 Å². The molecule has 1 aliphatic heterocycles. The molecule has 3 rings (SSSR count). The van der Waals surface area contributed by atoms with Crippen LogP contribution < -0.4 is 0 Å². The number of carboxylic acid groups (broad SMARTS) is 1. The van der Waals surface area contributed by atoms with E-state index in [1.54, 1.807) is 9.80 Å². The summed E-state index contributed by atoms with van der Waals surface area (Å²) < 4.78 is 0. The molecule has 6 nitrogen and oxygen atoms in total. The third-order valence-electron chi connectivity index (χ3n) is 5.92. The number of likely N-dealkylation sites (tertiary alicyclic amines) is 1. The predicted octanol–water partition coefficient (Wildman–Crippen LogP) is 2.67. The Labute approximate surface area is 160 Å². The molecule has 1 N–H and O–H groups in total. The highest BCUT2D eigenvalue weighted by Gasteiger charge is 2.47. The van der Waals surface area contributed by atoms with Crippen LogP contribution in [-0.4, -0.2) is 51.3 Å². The van der Waals surface area contributed by atoms with E-state index in [0.717, 1.165) is 31.2 Å². The summed E-state index contributed by atoms with van der Waals surface area (Å²) in [7, 11) is 0. The van der Waals surface area contributed by atoms with Crippen LogP contribution in [0.2, 0.25) is 0 Å². The van der Waals surface area contributed by atoms with Crippen molar-refractivity contribution in [3.63, 3.8) is 0 Å². The molecular formula is C21H28N2O4. The lowest BCUT2D eigenvalue weighted by atomic mass is 9.84. The Morgan fingerprint density at radius 2 is 1.85 bits per heavy atom. The van der Waals surface area contributed by atoms with Crippen LogP contribution in [0.3, 0.4) is 0 Å². The average Bonchev–Trinajstić information content (AvgIpc) is 3.05. The minimum atomic E-state index is -0.912. The van der Waals surface area contributed by atoms with Gasteiger partial charge in [0.25, 0.3) is 0 Å². The molecule has 1 saturated carbocycles. The standard InChI is InChI=1S/C21H28N2O4/c1-15(24)22(14-16-7-3-2-4-8-16)12-11-20(25)23-18-10-6-5-9-17(18)13-19(23)21(26)27/h2-4,7-8,17-19H,5-6,9-14H2,1H3,(H,26,27). The zero-order valence-electron chi connectivity index (χ0n) is 15.8. The van der Waals surface area contributed by atoms with Gasteiger partial charge in [-0.05, 0) is 30.7 Å². The Balaban J connectivity index is 1.65. The normalized spacial score (nSPS) is 24.3. The Morgan fingerprint density at radius 3 is 2.52 bits per heavy atom. The summed E-state index contributed by atoms with van der Waals surface area (Å²) >= 11 is 0. The molecule has 1 saturated heterocycles. The van der Waals surface area contributed by atoms with Crippen LogP contribution in [0.4, 0.5) is 0 Å². The number of aliphatic carboxylic acids is 1. The van der Waals surface area contributed by atoms with Gasteiger partial charge in [-0.2, -0.15) is 0 Å². The van der Waals surface area contributed by atoms with Crippen molar-refractivity contribution in [1.29, 1.82) is 0 Å². The molecule has 2 aliphatic rings. The molecule has 1 aromatic carbocycles. The third kappa shape index (κ3) is 4.49. The average molecular weight is 372 g/mol. The topological polar surface area (TPSA) is 77.9 Å². The van der Waals surface area contributed by atoms with E-state index in [1.807, 2.05) is 30.3 Å². The third-order valence-corrected chi connectivity index (χ3v) is 5.92. The number of benzene rings is 1. The Hall–Kier alpha value is -2.37. The summed E-state index contributed by atoms with van der Waals surface area (Å²) in [4.78, 5) is 39.9. The number of amides is 2. The highest BCUT2D eigenvalue weighted by molar-refractivity contribution is 5.85. The summed E-state index contributed by atoms with van der Waals surface area (Å²) in [6.45, 7) is 2.27. The van der Waals surface area contributed by atoms with Crippen LogP contribution in [0.1, 0.15) is 51.0 Å². The fraction of sp³-hybridized carbons (Fsp3) is 0.571. The first-order chi connectivity index (χ1) is 13.0. The maximum atomic E-state index is 12.9. The Kier molecular flexibility index (Phi) is 6.14. The van der Waals surface area contributed by atoms with Gasteiger partial charge in [0.15, 0.2) is 0 Å². The second kappa shape index (κ2) is 8.55. The Bertz CT molecular complexity index is 691. The number of hydrogen-bond acceptors (Lipinski definition) is 3. The first-order valence-corrected chi connectivity index (χ1v) is 9.80. The highest BCUT2D eigenvalue weighted by Crippen LogP contribution is 2.40. The van der Waals surface area contributed by atoms with Gasteiger partial charge in [-0.15, -0.1) is 0 Å². The smallest absolute Gasteiger partial charge is 0.326 e. The fourth-order valence-electron chi connectivity index (χ4n) is 4.55. The van der Waals surface area contributed by atoms with Gasteiger partial charge in [0.2, 0.25) is 11.8 Å². The van der Waals surface area contributed by atoms with E-state index in [9.17, 15) is 19.5 Å². The first-order valence-electron chi connectivity index (χ1n) is 9.80. The van der Waals surface area contributed by atoms with Gasteiger partial charge in [-0.1, -0.05) is 43.2 Å². The second-order valence-electron chi connectivity index (χ2n) is 7.68. The number of carboxylic acids is 1. The van der Waals surface area contributed by atoms with Crippen molar-refractivity contribution in [1.82, 2.24) is 9.80 Å². The molecule has 3 atom stereocenters. The lowest BCUT2D eigenvalue weighted by Gasteiger charge is -2.33. The van der Waals surface area contributed by atoms with Crippen LogP contribution >= 0.6 is 0 Å². The molecule has 0 aromatic heterocycles. The zero-order chi connectivity index (χ0) is 19.4. The maximum absolute atomic E-state index is 12.9. The SMILES string of the molecule is CC(=O)N(CCC(=O)N1C(C(=O)O)CC2CCCCC21)Cc1ccccc1. The number of fused-ring (bicyclic) bond motifs is 1. The number of hydrogen-bond donors (Lipinski definition) is 1. The maximum Gasteiger partial charge on any atom is 0.326 e. The summed E-state index contributed by atoms with van der Waals surface area (Å²) in [5, 5.41) is 9.58. The van der Waals surface area contributed by atoms with Gasteiger partial charge >= 0.3 is 5.97 Å². The molecule has 0 bridgehead atoms. The lowest BCUT2D eigenvalue weighted by Crippen LogP contribution is -2.47. The molecular weight excluding hydrogens is 344 g/mol. The number of carbonyl (C=O) groups excluding carboxylic acids is 2. The van der Waals surface area contributed by atoms with Gasteiger partial charge < -0.3 is 14.9 Å². The van der Waals surface area contributed by atoms with E-state index in [-0.39, 0.29) is 24.3 Å². The molecule has 2 amide bonds. The van der Waals surface area contributed by atoms with Gasteiger partial charge in [-0.25, -0.2) is 4.79 Å². The molecule has 146 valence electrons. The van der Waals surface area contributed by atoms with Gasteiger partial charge in [0.05, 0.1) is 0 Å². The lowest BCUT2D eigenvalue weighted by molar-refractivity contribution is -0.150. The molecule has 1 aromatic rings. The van der Waals surface area contributed by atoms with Crippen LogP contribution in [-0.2, 0) is 20.9 Å². The van der Waals surface area contributed by atoms with Crippen molar-refractivity contribution in [2.45, 2.75) is 64.1 Å². The van der Waals surface area contributed by atoms with E-state index in [0.29, 0.717) is 25.4 Å². The molecule has 0 spiro atoms. The van der Waals surface area contributed by atoms with E-state index < -0.39 is 12.0 Å². The quantitative estimate of drug-likeness (QED) is 0.833. The largest absolute Gasteiger partial charge is 0.480 e.